The van der Waals surface area contributed by atoms with Crippen molar-refractivity contribution in [3.05, 3.63) is 24.0 Å². The minimum absolute atomic E-state index is 0.0173. The van der Waals surface area contributed by atoms with Crippen LogP contribution in [0.2, 0.25) is 0 Å². The lowest BCUT2D eigenvalue weighted by Gasteiger charge is -2.32. The smallest absolute Gasteiger partial charge is 0.272 e. The molecule has 0 spiro atoms. The molecule has 1 saturated heterocycles. The molecule has 6 heteroatoms. The molecule has 1 aliphatic heterocycles. The van der Waals surface area contributed by atoms with Crippen molar-refractivity contribution in [3.63, 3.8) is 0 Å². The molecule has 2 heterocycles. The van der Waals surface area contributed by atoms with Gasteiger partial charge in [-0.15, -0.1) is 0 Å². The van der Waals surface area contributed by atoms with Crippen LogP contribution in [0.4, 0.5) is 5.69 Å². The number of ether oxygens (including phenoxy) is 1. The molecule has 0 bridgehead atoms. The molecule has 0 saturated carbocycles. The fraction of sp³-hybridized carbons (Fsp3) is 0.600. The third kappa shape index (κ3) is 4.68. The molecule has 116 valence electrons. The molecule has 1 aromatic heterocycles. The van der Waals surface area contributed by atoms with Gasteiger partial charge in [-0.1, -0.05) is 0 Å². The van der Waals surface area contributed by atoms with Gasteiger partial charge in [-0.2, -0.15) is 0 Å². The van der Waals surface area contributed by atoms with E-state index in [4.69, 9.17) is 4.74 Å². The van der Waals surface area contributed by atoms with Crippen LogP contribution in [0.15, 0.2) is 18.3 Å². The SMILES string of the molecule is COCCCNc1ccnc(C(=O)N2CCN(C)CC2)c1. The molecule has 6 nitrogen and oxygen atoms in total. The third-order valence-electron chi connectivity index (χ3n) is 3.62. The maximum absolute atomic E-state index is 12.4. The molecular weight excluding hydrogens is 268 g/mol. The molecule has 1 fully saturated rings. The van der Waals surface area contributed by atoms with Crippen molar-refractivity contribution in [1.29, 1.82) is 0 Å². The number of anilines is 1. The van der Waals surface area contributed by atoms with Crippen LogP contribution in [0.3, 0.4) is 0 Å². The van der Waals surface area contributed by atoms with Crippen molar-refractivity contribution in [1.82, 2.24) is 14.8 Å². The van der Waals surface area contributed by atoms with E-state index in [-0.39, 0.29) is 5.91 Å². The van der Waals surface area contributed by atoms with Crippen LogP contribution in [0.1, 0.15) is 16.9 Å². The first-order chi connectivity index (χ1) is 10.2. The molecule has 1 N–H and O–H groups in total. The number of nitrogens with one attached hydrogen (secondary N) is 1. The van der Waals surface area contributed by atoms with E-state index >= 15 is 0 Å². The largest absolute Gasteiger partial charge is 0.385 e. The number of hydrogen-bond acceptors (Lipinski definition) is 5. The monoisotopic (exact) mass is 292 g/mol. The molecule has 1 aromatic rings. The van der Waals surface area contributed by atoms with Gasteiger partial charge in [0.15, 0.2) is 0 Å². The van der Waals surface area contributed by atoms with Crippen molar-refractivity contribution in [3.8, 4) is 0 Å². The highest BCUT2D eigenvalue weighted by atomic mass is 16.5. The molecule has 21 heavy (non-hydrogen) atoms. The highest BCUT2D eigenvalue weighted by Gasteiger charge is 2.21. The van der Waals surface area contributed by atoms with Gasteiger partial charge >= 0.3 is 0 Å². The number of aromatic nitrogens is 1. The molecule has 0 aliphatic carbocycles. The Hall–Kier alpha value is -1.66. The normalized spacial score (nSPS) is 16.0. The molecule has 0 aromatic carbocycles. The van der Waals surface area contributed by atoms with Gasteiger partial charge in [0, 0.05) is 58.3 Å². The second kappa shape index (κ2) is 7.95. The molecule has 0 atom stereocenters. The molecular formula is C15H24N4O2. The zero-order valence-corrected chi connectivity index (χ0v) is 12.8. The van der Waals surface area contributed by atoms with E-state index in [9.17, 15) is 4.79 Å². The Morgan fingerprint density at radius 2 is 2.14 bits per heavy atom. The number of pyridine rings is 1. The van der Waals surface area contributed by atoms with Crippen molar-refractivity contribution in [2.45, 2.75) is 6.42 Å². The van der Waals surface area contributed by atoms with E-state index in [1.54, 1.807) is 13.3 Å². The first-order valence-corrected chi connectivity index (χ1v) is 7.37. The number of nitrogens with zero attached hydrogens (tertiary/aromatic N) is 3. The van der Waals surface area contributed by atoms with Gasteiger partial charge in [0.1, 0.15) is 5.69 Å². The minimum atomic E-state index is 0.0173. The van der Waals surface area contributed by atoms with Crippen LogP contribution in [0.5, 0.6) is 0 Å². The Balaban J connectivity index is 1.91. The number of likely N-dealkylation sites (N-methyl/N-ethyl adjacent to an activating group) is 1. The Morgan fingerprint density at radius 3 is 2.86 bits per heavy atom. The lowest BCUT2D eigenvalue weighted by Crippen LogP contribution is -2.47. The van der Waals surface area contributed by atoms with Crippen molar-refractivity contribution in [2.24, 2.45) is 0 Å². The number of piperazine rings is 1. The van der Waals surface area contributed by atoms with E-state index in [1.807, 2.05) is 17.0 Å². The van der Waals surface area contributed by atoms with Gasteiger partial charge in [-0.3, -0.25) is 9.78 Å². The summed E-state index contributed by atoms with van der Waals surface area (Å²) < 4.78 is 5.01. The highest BCUT2D eigenvalue weighted by molar-refractivity contribution is 5.93. The van der Waals surface area contributed by atoms with Crippen LogP contribution in [0, 0.1) is 0 Å². The van der Waals surface area contributed by atoms with Gasteiger partial charge < -0.3 is 19.9 Å². The van der Waals surface area contributed by atoms with E-state index in [0.29, 0.717) is 5.69 Å². The number of hydrogen-bond donors (Lipinski definition) is 1. The highest BCUT2D eigenvalue weighted by Crippen LogP contribution is 2.11. The topological polar surface area (TPSA) is 57.7 Å². The summed E-state index contributed by atoms with van der Waals surface area (Å²) in [5.41, 5.74) is 1.44. The van der Waals surface area contributed by atoms with E-state index < -0.39 is 0 Å². The summed E-state index contributed by atoms with van der Waals surface area (Å²) in [7, 11) is 3.77. The maximum Gasteiger partial charge on any atom is 0.272 e. The van der Waals surface area contributed by atoms with Crippen molar-refractivity contribution >= 4 is 11.6 Å². The summed E-state index contributed by atoms with van der Waals surface area (Å²) in [4.78, 5) is 20.7. The molecule has 1 aliphatic rings. The predicted octanol–water partition coefficient (Wildman–Crippen LogP) is 0.918. The average molecular weight is 292 g/mol. The number of carbonyl (C=O) groups is 1. The average Bonchev–Trinajstić information content (AvgIpc) is 2.52. The van der Waals surface area contributed by atoms with Crippen molar-refractivity contribution < 1.29 is 9.53 Å². The minimum Gasteiger partial charge on any atom is -0.385 e. The lowest BCUT2D eigenvalue weighted by molar-refractivity contribution is 0.0658. The van der Waals surface area contributed by atoms with Crippen LogP contribution >= 0.6 is 0 Å². The van der Waals surface area contributed by atoms with E-state index in [2.05, 4.69) is 22.2 Å². The molecule has 1 amide bonds. The number of carbonyl (C=O) groups excluding carboxylic acids is 1. The standard InChI is InChI=1S/C15H24N4O2/c1-18-7-9-19(10-8-18)15(20)14-12-13(4-6-17-14)16-5-3-11-21-2/h4,6,12H,3,5,7-11H2,1-2H3,(H,16,17). The number of amides is 1. The van der Waals surface area contributed by atoms with Gasteiger partial charge in [0.2, 0.25) is 0 Å². The first kappa shape index (κ1) is 15.7. The quantitative estimate of drug-likeness (QED) is 0.790. The van der Waals surface area contributed by atoms with Crippen LogP contribution < -0.4 is 5.32 Å². The summed E-state index contributed by atoms with van der Waals surface area (Å²) in [6.45, 7) is 4.91. The molecule has 0 radical (unpaired) electrons. The van der Waals surface area contributed by atoms with Gasteiger partial charge in [-0.05, 0) is 25.6 Å². The number of rotatable bonds is 6. The summed E-state index contributed by atoms with van der Waals surface area (Å²) in [5.74, 6) is 0.0173. The zero-order valence-electron chi connectivity index (χ0n) is 12.8. The lowest BCUT2D eigenvalue weighted by atomic mass is 10.2. The van der Waals surface area contributed by atoms with Crippen LogP contribution in [0.25, 0.3) is 0 Å². The van der Waals surface area contributed by atoms with Gasteiger partial charge in [0.05, 0.1) is 0 Å². The Labute approximate surface area is 126 Å². The fourth-order valence-electron chi connectivity index (χ4n) is 2.28. The predicted molar refractivity (Wildman–Crippen MR) is 82.6 cm³/mol. The fourth-order valence-corrected chi connectivity index (χ4v) is 2.28. The van der Waals surface area contributed by atoms with Crippen LogP contribution in [-0.4, -0.2) is 74.2 Å². The van der Waals surface area contributed by atoms with Gasteiger partial charge in [0.25, 0.3) is 5.91 Å². The second-order valence-electron chi connectivity index (χ2n) is 5.30. The van der Waals surface area contributed by atoms with Gasteiger partial charge in [-0.25, -0.2) is 0 Å². The first-order valence-electron chi connectivity index (χ1n) is 7.37. The summed E-state index contributed by atoms with van der Waals surface area (Å²) in [5, 5.41) is 3.29. The van der Waals surface area contributed by atoms with E-state index in [1.165, 1.54) is 0 Å². The van der Waals surface area contributed by atoms with Crippen molar-refractivity contribution in [2.75, 3.05) is 58.8 Å². The van der Waals surface area contributed by atoms with Crippen LogP contribution in [-0.2, 0) is 4.74 Å². The molecule has 0 unspecified atom stereocenters. The molecule has 2 rings (SSSR count). The summed E-state index contributed by atoms with van der Waals surface area (Å²) in [6.07, 6.45) is 2.61. The Kier molecular flexibility index (Phi) is 5.95. The second-order valence-corrected chi connectivity index (χ2v) is 5.30. The van der Waals surface area contributed by atoms with E-state index in [0.717, 1.165) is 51.4 Å². The third-order valence-corrected chi connectivity index (χ3v) is 3.62. The Bertz CT molecular complexity index is 459. The summed E-state index contributed by atoms with van der Waals surface area (Å²) in [6, 6.07) is 3.71. The zero-order chi connectivity index (χ0) is 15.1. The summed E-state index contributed by atoms with van der Waals surface area (Å²) >= 11 is 0. The number of methoxy groups -OCH3 is 1. The maximum atomic E-state index is 12.4. The Morgan fingerprint density at radius 1 is 1.38 bits per heavy atom.